The zero-order valence-corrected chi connectivity index (χ0v) is 22.9. The molecule has 4 N–H and O–H groups in total. The van der Waals surface area contributed by atoms with E-state index in [-0.39, 0.29) is 23.0 Å². The van der Waals surface area contributed by atoms with Gasteiger partial charge in [0.05, 0.1) is 28.4 Å². The summed E-state index contributed by atoms with van der Waals surface area (Å²) in [7, 11) is 6.12. The van der Waals surface area contributed by atoms with Gasteiger partial charge in [0.1, 0.15) is 46.0 Å². The summed E-state index contributed by atoms with van der Waals surface area (Å²) in [6.07, 6.45) is 1.27. The molecule has 5 rings (SSSR count). The van der Waals surface area contributed by atoms with E-state index in [4.69, 9.17) is 18.9 Å². The maximum atomic E-state index is 10.9. The molecule has 0 radical (unpaired) electrons. The van der Waals surface area contributed by atoms with Gasteiger partial charge in [0.2, 0.25) is 0 Å². The highest BCUT2D eigenvalue weighted by atomic mass is 16.5. The number of rotatable bonds is 4. The van der Waals surface area contributed by atoms with E-state index in [0.717, 1.165) is 22.3 Å². The van der Waals surface area contributed by atoms with Crippen LogP contribution in [0.3, 0.4) is 0 Å². The van der Waals surface area contributed by atoms with Gasteiger partial charge in [-0.15, -0.1) is 0 Å². The first-order chi connectivity index (χ1) is 19.2. The average molecular weight is 545 g/mol. The molecule has 8 nitrogen and oxygen atoms in total. The Balaban J connectivity index is 1.78. The van der Waals surface area contributed by atoms with E-state index in [1.165, 1.54) is 28.4 Å². The van der Waals surface area contributed by atoms with E-state index in [2.05, 4.69) is 0 Å². The zero-order valence-electron chi connectivity index (χ0n) is 22.9. The molecule has 0 spiro atoms. The minimum atomic E-state index is 0.0582. The highest BCUT2D eigenvalue weighted by Gasteiger charge is 2.21. The maximum Gasteiger partial charge on any atom is 0.126 e. The third-order valence-electron chi connectivity index (χ3n) is 7.45. The van der Waals surface area contributed by atoms with Gasteiger partial charge in [0, 0.05) is 49.9 Å². The van der Waals surface area contributed by atoms with Crippen molar-refractivity contribution in [3.8, 4) is 46.0 Å². The molecule has 0 amide bonds. The summed E-state index contributed by atoms with van der Waals surface area (Å²) in [5.41, 5.74) is 5.60. The molecule has 8 heteroatoms. The van der Waals surface area contributed by atoms with Crippen LogP contribution in [-0.4, -0.2) is 48.9 Å². The highest BCUT2D eigenvalue weighted by Crippen LogP contribution is 2.40. The molecule has 0 heterocycles. The van der Waals surface area contributed by atoms with Crippen LogP contribution in [0.5, 0.6) is 46.0 Å². The zero-order chi connectivity index (χ0) is 28.6. The van der Waals surface area contributed by atoms with Crippen LogP contribution in [0.1, 0.15) is 44.5 Å². The number of methoxy groups -OCH3 is 4. The van der Waals surface area contributed by atoms with Crippen LogP contribution in [0.15, 0.2) is 48.5 Å². The second-order valence-electron chi connectivity index (χ2n) is 9.88. The van der Waals surface area contributed by atoms with E-state index in [1.54, 1.807) is 24.3 Å². The molecule has 0 saturated heterocycles. The van der Waals surface area contributed by atoms with Crippen LogP contribution in [0, 0.1) is 0 Å². The Morgan fingerprint density at radius 1 is 0.350 bits per heavy atom. The number of fused-ring (bicyclic) bond motifs is 8. The second kappa shape index (κ2) is 10.8. The van der Waals surface area contributed by atoms with Gasteiger partial charge in [-0.1, -0.05) is 0 Å². The van der Waals surface area contributed by atoms with Gasteiger partial charge in [-0.3, -0.25) is 0 Å². The number of phenols is 4. The molecule has 208 valence electrons. The van der Waals surface area contributed by atoms with Crippen LogP contribution in [0.2, 0.25) is 0 Å². The summed E-state index contributed by atoms with van der Waals surface area (Å²) in [5.74, 6) is 2.16. The van der Waals surface area contributed by atoms with E-state index in [0.29, 0.717) is 70.9 Å². The van der Waals surface area contributed by atoms with Gasteiger partial charge in [0.15, 0.2) is 0 Å². The van der Waals surface area contributed by atoms with Crippen molar-refractivity contribution in [3.05, 3.63) is 93.0 Å². The second-order valence-corrected chi connectivity index (χ2v) is 9.88. The summed E-state index contributed by atoms with van der Waals surface area (Å²) in [6, 6.07) is 13.7. The Morgan fingerprint density at radius 2 is 0.550 bits per heavy atom. The SMILES string of the molecule is COc1cc(O)c2cc1Cc1cc(c(OC)cc1O)Cc1cc(c(OC)cc1O)Cc1cc(c(OC)cc1O)C2. The number of aromatic hydroxyl groups is 4. The Bertz CT molecular complexity index is 1350. The molecule has 8 bridgehead atoms. The minimum Gasteiger partial charge on any atom is -0.508 e. The summed E-state index contributed by atoms with van der Waals surface area (Å²) in [6.45, 7) is 0. The van der Waals surface area contributed by atoms with Crippen molar-refractivity contribution in [1.29, 1.82) is 0 Å². The van der Waals surface area contributed by atoms with E-state index >= 15 is 0 Å². The quantitative estimate of drug-likeness (QED) is 0.243. The Morgan fingerprint density at radius 3 is 0.725 bits per heavy atom. The van der Waals surface area contributed by atoms with Gasteiger partial charge < -0.3 is 39.4 Å². The number of hydrogen-bond acceptors (Lipinski definition) is 8. The number of hydrogen-bond donors (Lipinski definition) is 4. The van der Waals surface area contributed by atoms with E-state index in [9.17, 15) is 20.4 Å². The van der Waals surface area contributed by atoms with Crippen molar-refractivity contribution in [2.45, 2.75) is 25.7 Å². The normalized spacial score (nSPS) is 12.5. The molecule has 0 unspecified atom stereocenters. The van der Waals surface area contributed by atoms with Gasteiger partial charge >= 0.3 is 0 Å². The number of ether oxygens (including phenoxy) is 4. The highest BCUT2D eigenvalue weighted by molar-refractivity contribution is 5.58. The summed E-state index contributed by atoms with van der Waals surface area (Å²) in [4.78, 5) is 0. The molecule has 4 aromatic rings. The fourth-order valence-corrected chi connectivity index (χ4v) is 5.36. The average Bonchev–Trinajstić information content (AvgIpc) is 2.94. The standard InChI is InChI=1S/C32H32O8/c1-37-29-13-25(33)17-5-21(29)9-18-6-22(30(38-2)14-26(18)34)11-20-8-24(32(40-4)16-28(20)36)12-19-7-23(10-17)31(39-3)15-27(19)35/h5-8,13-16,33-36H,9-12H2,1-4H3. The lowest BCUT2D eigenvalue weighted by molar-refractivity contribution is 0.397. The van der Waals surface area contributed by atoms with Crippen molar-refractivity contribution in [2.75, 3.05) is 28.4 Å². The minimum absolute atomic E-state index is 0.0582. The molecule has 40 heavy (non-hydrogen) atoms. The Labute approximate surface area is 232 Å². The third kappa shape index (κ3) is 5.00. The van der Waals surface area contributed by atoms with Crippen molar-refractivity contribution in [2.24, 2.45) is 0 Å². The lowest BCUT2D eigenvalue weighted by atomic mass is 9.91. The topological polar surface area (TPSA) is 118 Å². The van der Waals surface area contributed by atoms with Crippen LogP contribution in [-0.2, 0) is 25.7 Å². The lowest BCUT2D eigenvalue weighted by Crippen LogP contribution is -2.03. The Hall–Kier alpha value is -4.72. The van der Waals surface area contributed by atoms with Gasteiger partial charge in [-0.05, 0) is 68.8 Å². The molecule has 0 atom stereocenters. The van der Waals surface area contributed by atoms with E-state index < -0.39 is 0 Å². The predicted molar refractivity (Wildman–Crippen MR) is 150 cm³/mol. The summed E-state index contributed by atoms with van der Waals surface area (Å²) in [5, 5.41) is 43.6. The van der Waals surface area contributed by atoms with Crippen LogP contribution >= 0.6 is 0 Å². The molecule has 1 aliphatic rings. The van der Waals surface area contributed by atoms with Crippen LogP contribution in [0.4, 0.5) is 0 Å². The molecule has 0 aliphatic heterocycles. The first-order valence-electron chi connectivity index (χ1n) is 12.8. The first-order valence-corrected chi connectivity index (χ1v) is 12.8. The molecule has 0 fully saturated rings. The molecule has 0 aromatic heterocycles. The summed E-state index contributed by atoms with van der Waals surface area (Å²) >= 11 is 0. The molecule has 1 aliphatic carbocycles. The summed E-state index contributed by atoms with van der Waals surface area (Å²) < 4.78 is 22.3. The predicted octanol–water partition coefficient (Wildman–Crippen LogP) is 5.22. The van der Waals surface area contributed by atoms with Crippen LogP contribution in [0.25, 0.3) is 0 Å². The monoisotopic (exact) mass is 544 g/mol. The van der Waals surface area contributed by atoms with Gasteiger partial charge in [-0.2, -0.15) is 0 Å². The third-order valence-corrected chi connectivity index (χ3v) is 7.45. The van der Waals surface area contributed by atoms with Gasteiger partial charge in [-0.25, -0.2) is 0 Å². The molecule has 4 aromatic carbocycles. The molecule has 0 saturated carbocycles. The fourth-order valence-electron chi connectivity index (χ4n) is 5.36. The van der Waals surface area contributed by atoms with Crippen molar-refractivity contribution in [1.82, 2.24) is 0 Å². The van der Waals surface area contributed by atoms with Crippen molar-refractivity contribution >= 4 is 0 Å². The van der Waals surface area contributed by atoms with Gasteiger partial charge in [0.25, 0.3) is 0 Å². The van der Waals surface area contributed by atoms with Crippen molar-refractivity contribution in [3.63, 3.8) is 0 Å². The van der Waals surface area contributed by atoms with Crippen molar-refractivity contribution < 1.29 is 39.4 Å². The molecular formula is C32H32O8. The lowest BCUT2D eigenvalue weighted by Gasteiger charge is -2.19. The van der Waals surface area contributed by atoms with E-state index in [1.807, 2.05) is 24.3 Å². The largest absolute Gasteiger partial charge is 0.508 e. The number of benzene rings is 4. The van der Waals surface area contributed by atoms with Crippen LogP contribution < -0.4 is 18.9 Å². The first kappa shape index (κ1) is 26.9. The smallest absolute Gasteiger partial charge is 0.126 e. The number of phenolic OH excluding ortho intramolecular Hbond substituents is 4. The molecular weight excluding hydrogens is 512 g/mol. The maximum absolute atomic E-state index is 10.9. The Kier molecular flexibility index (Phi) is 7.26. The fraction of sp³-hybridized carbons (Fsp3) is 0.250.